The van der Waals surface area contributed by atoms with Gasteiger partial charge in [-0.15, -0.1) is 0 Å². The second-order valence-corrected chi connectivity index (χ2v) is 9.00. The van der Waals surface area contributed by atoms with E-state index in [1.54, 1.807) is 24.3 Å². The van der Waals surface area contributed by atoms with Crippen LogP contribution in [0.5, 0.6) is 5.75 Å². The van der Waals surface area contributed by atoms with Gasteiger partial charge in [0.15, 0.2) is 6.54 Å². The molecule has 1 aliphatic heterocycles. The summed E-state index contributed by atoms with van der Waals surface area (Å²) in [5.41, 5.74) is 0. The molecule has 29 heavy (non-hydrogen) atoms. The molecule has 0 bridgehead atoms. The summed E-state index contributed by atoms with van der Waals surface area (Å²) in [5.74, 6) is 0.257. The molecule has 0 aliphatic carbocycles. The molecule has 0 saturated carbocycles. The van der Waals surface area contributed by atoms with Crippen LogP contribution >= 0.6 is 0 Å². The van der Waals surface area contributed by atoms with E-state index in [0.29, 0.717) is 38.5 Å². The number of rotatable bonds is 8. The quantitative estimate of drug-likeness (QED) is 0.523. The molecule has 0 unspecified atom stereocenters. The van der Waals surface area contributed by atoms with Crippen molar-refractivity contribution in [2.45, 2.75) is 38.1 Å². The summed E-state index contributed by atoms with van der Waals surface area (Å²) in [6, 6.07) is 5.87. The number of sulfonamides is 1. The lowest BCUT2D eigenvalue weighted by Crippen LogP contribution is -3.15. The molecular formula is C19H31N4O5S+. The molecule has 1 saturated heterocycles. The second kappa shape index (κ2) is 10.6. The third-order valence-electron chi connectivity index (χ3n) is 4.86. The molecule has 1 fully saturated rings. The van der Waals surface area contributed by atoms with Crippen molar-refractivity contribution in [2.75, 3.05) is 39.3 Å². The number of hydrogen-bond acceptors (Lipinski definition) is 5. The highest BCUT2D eigenvalue weighted by Gasteiger charge is 2.31. The predicted molar refractivity (Wildman–Crippen MR) is 108 cm³/mol. The highest BCUT2D eigenvalue weighted by atomic mass is 32.2. The molecule has 0 spiro atoms. The smallest absolute Gasteiger partial charge is 0.321 e. The molecule has 10 heteroatoms. The first-order valence-corrected chi connectivity index (χ1v) is 11.4. The van der Waals surface area contributed by atoms with Crippen molar-refractivity contribution in [3.05, 3.63) is 24.3 Å². The molecule has 1 aromatic carbocycles. The zero-order valence-electron chi connectivity index (χ0n) is 17.2. The Hall–Kier alpha value is -2.17. The summed E-state index contributed by atoms with van der Waals surface area (Å²) in [7, 11) is -3.58. The summed E-state index contributed by atoms with van der Waals surface area (Å²) in [5, 5.41) is 5.00. The minimum absolute atomic E-state index is 0.00787. The molecular weight excluding hydrogens is 396 g/mol. The molecule has 1 aliphatic rings. The fourth-order valence-corrected chi connectivity index (χ4v) is 4.44. The number of hydrogen-bond donors (Lipinski definition) is 3. The number of amides is 3. The third-order valence-corrected chi connectivity index (χ3v) is 6.77. The van der Waals surface area contributed by atoms with E-state index in [0.717, 1.165) is 11.3 Å². The first-order valence-electron chi connectivity index (χ1n) is 9.93. The fourth-order valence-electron chi connectivity index (χ4n) is 3.00. The third kappa shape index (κ3) is 6.69. The van der Waals surface area contributed by atoms with Gasteiger partial charge < -0.3 is 15.0 Å². The maximum absolute atomic E-state index is 12.8. The Labute approximate surface area is 172 Å². The van der Waals surface area contributed by atoms with Gasteiger partial charge in [-0.2, -0.15) is 4.31 Å². The van der Waals surface area contributed by atoms with Gasteiger partial charge in [-0.05, 0) is 44.5 Å². The van der Waals surface area contributed by atoms with Crippen LogP contribution in [0.3, 0.4) is 0 Å². The SMILES string of the molecule is CCOc1ccc(S(=O)(=O)N2CC[NH+](CC(=O)NC(=O)N[C@@H](C)CC)CC2)cc1. The minimum Gasteiger partial charge on any atom is -0.494 e. The molecule has 0 aromatic heterocycles. The van der Waals surface area contributed by atoms with Crippen molar-refractivity contribution in [2.24, 2.45) is 0 Å². The summed E-state index contributed by atoms with van der Waals surface area (Å²) in [6.07, 6.45) is 0.775. The van der Waals surface area contributed by atoms with Crippen molar-refractivity contribution >= 4 is 22.0 Å². The number of benzene rings is 1. The van der Waals surface area contributed by atoms with E-state index in [-0.39, 0.29) is 23.4 Å². The molecule has 0 radical (unpaired) electrons. The van der Waals surface area contributed by atoms with E-state index in [1.165, 1.54) is 4.31 Å². The van der Waals surface area contributed by atoms with Crippen LogP contribution in [0.25, 0.3) is 0 Å². The van der Waals surface area contributed by atoms with Gasteiger partial charge in [0.2, 0.25) is 10.0 Å². The predicted octanol–water partition coefficient (Wildman–Crippen LogP) is -0.401. The zero-order valence-corrected chi connectivity index (χ0v) is 18.0. The molecule has 2 rings (SSSR count). The Morgan fingerprint density at radius 2 is 1.79 bits per heavy atom. The average molecular weight is 428 g/mol. The number of nitrogens with zero attached hydrogens (tertiary/aromatic N) is 1. The summed E-state index contributed by atoms with van der Waals surface area (Å²) in [6.45, 7) is 7.94. The van der Waals surface area contributed by atoms with Crippen LogP contribution in [0.1, 0.15) is 27.2 Å². The van der Waals surface area contributed by atoms with Crippen LogP contribution in [0.4, 0.5) is 4.79 Å². The zero-order chi connectivity index (χ0) is 21.4. The lowest BCUT2D eigenvalue weighted by molar-refractivity contribution is -0.895. The van der Waals surface area contributed by atoms with Gasteiger partial charge in [0.25, 0.3) is 5.91 Å². The summed E-state index contributed by atoms with van der Waals surface area (Å²) in [4.78, 5) is 24.9. The van der Waals surface area contributed by atoms with E-state index in [9.17, 15) is 18.0 Å². The Bertz CT molecular complexity index is 789. The monoisotopic (exact) mass is 427 g/mol. The highest BCUT2D eigenvalue weighted by Crippen LogP contribution is 2.19. The number of urea groups is 1. The Morgan fingerprint density at radius 1 is 1.17 bits per heavy atom. The Kier molecular flexibility index (Phi) is 8.42. The molecule has 9 nitrogen and oxygen atoms in total. The van der Waals surface area contributed by atoms with Crippen molar-refractivity contribution < 1.29 is 27.6 Å². The number of imide groups is 1. The Balaban J connectivity index is 1.84. The maximum Gasteiger partial charge on any atom is 0.321 e. The number of quaternary nitrogens is 1. The number of carbonyl (C=O) groups excluding carboxylic acids is 2. The van der Waals surface area contributed by atoms with Gasteiger partial charge in [-0.3, -0.25) is 10.1 Å². The average Bonchev–Trinajstić information content (AvgIpc) is 2.68. The van der Waals surface area contributed by atoms with Crippen LogP contribution in [-0.2, 0) is 14.8 Å². The lowest BCUT2D eigenvalue weighted by atomic mass is 10.3. The standard InChI is InChI=1S/C19H30N4O5S/c1-4-15(3)20-19(25)21-18(24)14-22-10-12-23(13-11-22)29(26,27)17-8-6-16(7-9-17)28-5-2/h6-9,15H,4-5,10-14H2,1-3H3,(H2,20,21,24,25)/p+1/t15-/m0/s1. The fraction of sp³-hybridized carbons (Fsp3) is 0.579. The topological polar surface area (TPSA) is 109 Å². The second-order valence-electron chi connectivity index (χ2n) is 7.07. The van der Waals surface area contributed by atoms with Gasteiger partial charge in [0.05, 0.1) is 37.7 Å². The number of carbonyl (C=O) groups is 2. The number of piperazine rings is 1. The largest absolute Gasteiger partial charge is 0.494 e. The van der Waals surface area contributed by atoms with Crippen LogP contribution in [-0.4, -0.2) is 70.0 Å². The molecule has 162 valence electrons. The van der Waals surface area contributed by atoms with Crippen molar-refractivity contribution in [1.29, 1.82) is 0 Å². The van der Waals surface area contributed by atoms with Gasteiger partial charge in [0, 0.05) is 6.04 Å². The normalized spacial score (nSPS) is 16.8. The molecule has 3 N–H and O–H groups in total. The number of nitrogens with one attached hydrogen (secondary N) is 3. The molecule has 3 amide bonds. The van der Waals surface area contributed by atoms with Gasteiger partial charge in [-0.1, -0.05) is 6.92 Å². The van der Waals surface area contributed by atoms with Crippen LogP contribution in [0.2, 0.25) is 0 Å². The van der Waals surface area contributed by atoms with Gasteiger partial charge in [0.1, 0.15) is 5.75 Å². The maximum atomic E-state index is 12.8. The lowest BCUT2D eigenvalue weighted by Gasteiger charge is -2.31. The first-order chi connectivity index (χ1) is 13.8. The van der Waals surface area contributed by atoms with Crippen LogP contribution in [0.15, 0.2) is 29.2 Å². The molecule has 1 heterocycles. The van der Waals surface area contributed by atoms with E-state index in [1.807, 2.05) is 20.8 Å². The number of ether oxygens (including phenoxy) is 1. The van der Waals surface area contributed by atoms with Crippen molar-refractivity contribution in [3.8, 4) is 5.75 Å². The van der Waals surface area contributed by atoms with Gasteiger partial charge >= 0.3 is 6.03 Å². The Morgan fingerprint density at radius 3 is 2.34 bits per heavy atom. The molecule has 1 atom stereocenters. The van der Waals surface area contributed by atoms with E-state index in [4.69, 9.17) is 4.74 Å². The minimum atomic E-state index is -3.58. The summed E-state index contributed by atoms with van der Waals surface area (Å²) >= 11 is 0. The van der Waals surface area contributed by atoms with Gasteiger partial charge in [-0.25, -0.2) is 13.2 Å². The van der Waals surface area contributed by atoms with Crippen molar-refractivity contribution in [3.63, 3.8) is 0 Å². The molecule has 1 aromatic rings. The van der Waals surface area contributed by atoms with Crippen molar-refractivity contribution in [1.82, 2.24) is 14.9 Å². The van der Waals surface area contributed by atoms with E-state index < -0.39 is 16.1 Å². The first kappa shape index (κ1) is 23.1. The van der Waals surface area contributed by atoms with E-state index >= 15 is 0 Å². The summed E-state index contributed by atoms with van der Waals surface area (Å²) < 4.78 is 32.4. The highest BCUT2D eigenvalue weighted by molar-refractivity contribution is 7.89. The van der Waals surface area contributed by atoms with Crippen LogP contribution in [0, 0.1) is 0 Å². The van der Waals surface area contributed by atoms with E-state index in [2.05, 4.69) is 10.6 Å². The van der Waals surface area contributed by atoms with Crippen LogP contribution < -0.4 is 20.3 Å².